The van der Waals surface area contributed by atoms with E-state index in [0.717, 1.165) is 33.0 Å². The van der Waals surface area contributed by atoms with Crippen molar-refractivity contribution in [2.75, 3.05) is 0 Å². The molecule has 0 radical (unpaired) electrons. The molecular formula is C29H24O. The summed E-state index contributed by atoms with van der Waals surface area (Å²) in [6.07, 6.45) is 6.65. The minimum Gasteiger partial charge on any atom is -0.376 e. The maximum atomic E-state index is 12.6. The van der Waals surface area contributed by atoms with E-state index >= 15 is 0 Å². The molecule has 0 fully saturated rings. The minimum atomic E-state index is -1.27. The number of hydrogen-bond donors (Lipinski definition) is 1. The van der Waals surface area contributed by atoms with Crippen molar-refractivity contribution in [1.29, 1.82) is 0 Å². The lowest BCUT2D eigenvalue weighted by Gasteiger charge is -2.34. The van der Waals surface area contributed by atoms with E-state index in [1.807, 2.05) is 60.7 Å². The van der Waals surface area contributed by atoms with Gasteiger partial charge >= 0.3 is 0 Å². The van der Waals surface area contributed by atoms with Crippen LogP contribution in [0.15, 0.2) is 121 Å². The zero-order valence-electron chi connectivity index (χ0n) is 17.0. The molecule has 1 nitrogen and oxygen atoms in total. The van der Waals surface area contributed by atoms with Crippen molar-refractivity contribution < 1.29 is 5.11 Å². The van der Waals surface area contributed by atoms with Crippen LogP contribution in [-0.4, -0.2) is 5.11 Å². The molecule has 0 heterocycles. The summed E-state index contributed by atoms with van der Waals surface area (Å²) in [6.45, 7) is 2.12. The van der Waals surface area contributed by atoms with Gasteiger partial charge in [-0.2, -0.15) is 0 Å². The molecule has 1 atom stereocenters. The van der Waals surface area contributed by atoms with E-state index in [2.05, 4.69) is 61.5 Å². The van der Waals surface area contributed by atoms with Gasteiger partial charge < -0.3 is 5.11 Å². The Hall–Kier alpha value is -3.42. The molecule has 0 bridgehead atoms. The Morgan fingerprint density at radius 1 is 0.700 bits per heavy atom. The van der Waals surface area contributed by atoms with Gasteiger partial charge in [-0.3, -0.25) is 0 Å². The Bertz CT molecular complexity index is 1210. The first-order valence-corrected chi connectivity index (χ1v) is 10.4. The molecule has 1 aliphatic rings. The lowest BCUT2D eigenvalue weighted by molar-refractivity contribution is 0.126. The smallest absolute Gasteiger partial charge is 0.141 e. The second-order valence-electron chi connectivity index (χ2n) is 7.99. The Labute approximate surface area is 177 Å². The molecule has 1 N–H and O–H groups in total. The van der Waals surface area contributed by atoms with Crippen LogP contribution in [0.3, 0.4) is 0 Å². The van der Waals surface area contributed by atoms with E-state index in [9.17, 15) is 5.11 Å². The highest BCUT2D eigenvalue weighted by Crippen LogP contribution is 2.45. The van der Waals surface area contributed by atoms with Crippen molar-refractivity contribution in [3.05, 3.63) is 143 Å². The Morgan fingerprint density at radius 3 is 1.90 bits per heavy atom. The third kappa shape index (κ3) is 2.99. The predicted octanol–water partition coefficient (Wildman–Crippen LogP) is 6.72. The third-order valence-electron chi connectivity index (χ3n) is 6.07. The molecule has 0 aliphatic heterocycles. The van der Waals surface area contributed by atoms with Crippen molar-refractivity contribution in [1.82, 2.24) is 0 Å². The first-order valence-electron chi connectivity index (χ1n) is 10.4. The Morgan fingerprint density at radius 2 is 1.30 bits per heavy atom. The fourth-order valence-corrected chi connectivity index (χ4v) is 4.63. The van der Waals surface area contributed by atoms with Gasteiger partial charge in [0.2, 0.25) is 0 Å². The minimum absolute atomic E-state index is 0.142. The van der Waals surface area contributed by atoms with Crippen molar-refractivity contribution in [2.45, 2.75) is 18.4 Å². The fourth-order valence-electron chi connectivity index (χ4n) is 4.63. The summed E-state index contributed by atoms with van der Waals surface area (Å²) in [6, 6.07) is 32.7. The highest BCUT2D eigenvalue weighted by Gasteiger charge is 2.38. The number of aliphatic hydroxyl groups is 1. The fraction of sp³-hybridized carbons (Fsp3) is 0.103. The molecule has 1 aliphatic carbocycles. The van der Waals surface area contributed by atoms with Crippen LogP contribution in [-0.2, 0) is 5.60 Å². The second-order valence-corrected chi connectivity index (χ2v) is 7.99. The first-order chi connectivity index (χ1) is 14.7. The summed E-state index contributed by atoms with van der Waals surface area (Å²) in [4.78, 5) is 0. The number of benzene rings is 4. The van der Waals surface area contributed by atoms with Gasteiger partial charge in [-0.15, -0.1) is 0 Å². The molecule has 4 aromatic carbocycles. The van der Waals surface area contributed by atoms with Crippen molar-refractivity contribution in [2.24, 2.45) is 0 Å². The largest absolute Gasteiger partial charge is 0.376 e. The molecule has 5 rings (SSSR count). The van der Waals surface area contributed by atoms with Crippen LogP contribution >= 0.6 is 0 Å². The lowest BCUT2D eigenvalue weighted by Crippen LogP contribution is -2.31. The highest BCUT2D eigenvalue weighted by atomic mass is 16.3. The van der Waals surface area contributed by atoms with Gasteiger partial charge in [-0.25, -0.2) is 0 Å². The summed E-state index contributed by atoms with van der Waals surface area (Å²) in [7, 11) is 0. The zero-order chi connectivity index (χ0) is 20.6. The maximum absolute atomic E-state index is 12.6. The Kier molecular flexibility index (Phi) is 4.61. The van der Waals surface area contributed by atoms with Crippen LogP contribution in [0.25, 0.3) is 10.8 Å². The van der Waals surface area contributed by atoms with Crippen LogP contribution in [0.2, 0.25) is 0 Å². The number of allylic oxidation sites excluding steroid dienone is 4. The van der Waals surface area contributed by atoms with E-state index in [-0.39, 0.29) is 5.92 Å². The molecule has 4 aromatic rings. The van der Waals surface area contributed by atoms with Gasteiger partial charge in [-0.1, -0.05) is 121 Å². The first kappa shape index (κ1) is 18.6. The van der Waals surface area contributed by atoms with E-state index in [1.165, 1.54) is 5.57 Å². The van der Waals surface area contributed by atoms with E-state index < -0.39 is 5.60 Å². The molecule has 0 aromatic heterocycles. The maximum Gasteiger partial charge on any atom is 0.141 e. The molecule has 0 saturated heterocycles. The van der Waals surface area contributed by atoms with Crippen LogP contribution in [0.1, 0.15) is 35.1 Å². The quantitative estimate of drug-likeness (QED) is 0.385. The molecule has 30 heavy (non-hydrogen) atoms. The zero-order valence-corrected chi connectivity index (χ0v) is 17.0. The molecule has 1 unspecified atom stereocenters. The normalized spacial score (nSPS) is 16.1. The van der Waals surface area contributed by atoms with Crippen LogP contribution in [0, 0.1) is 0 Å². The van der Waals surface area contributed by atoms with E-state index in [1.54, 1.807) is 0 Å². The second kappa shape index (κ2) is 7.44. The summed E-state index contributed by atoms with van der Waals surface area (Å²) < 4.78 is 0. The van der Waals surface area contributed by atoms with Gasteiger partial charge in [0.05, 0.1) is 0 Å². The average Bonchev–Trinajstić information content (AvgIpc) is 3.25. The van der Waals surface area contributed by atoms with Gasteiger partial charge in [0.25, 0.3) is 0 Å². The summed E-state index contributed by atoms with van der Waals surface area (Å²) >= 11 is 0. The molecular weight excluding hydrogens is 364 g/mol. The van der Waals surface area contributed by atoms with Gasteiger partial charge in [0, 0.05) is 11.5 Å². The van der Waals surface area contributed by atoms with Gasteiger partial charge in [0.1, 0.15) is 5.60 Å². The monoisotopic (exact) mass is 388 g/mol. The average molecular weight is 389 g/mol. The molecule has 0 spiro atoms. The summed E-state index contributed by atoms with van der Waals surface area (Å²) in [5.41, 5.74) is 3.82. The molecule has 146 valence electrons. The summed E-state index contributed by atoms with van der Waals surface area (Å²) in [5.74, 6) is 0.142. The van der Waals surface area contributed by atoms with Crippen LogP contribution in [0.4, 0.5) is 0 Å². The topological polar surface area (TPSA) is 20.2 Å². The van der Waals surface area contributed by atoms with E-state index in [0.29, 0.717) is 0 Å². The van der Waals surface area contributed by atoms with Crippen LogP contribution < -0.4 is 0 Å². The molecule has 1 heteroatoms. The third-order valence-corrected chi connectivity index (χ3v) is 6.07. The van der Waals surface area contributed by atoms with Crippen LogP contribution in [0.5, 0.6) is 0 Å². The number of rotatable bonds is 4. The van der Waals surface area contributed by atoms with Gasteiger partial charge in [0.15, 0.2) is 0 Å². The number of hydrogen-bond acceptors (Lipinski definition) is 1. The van der Waals surface area contributed by atoms with Crippen molar-refractivity contribution in [3.63, 3.8) is 0 Å². The molecule has 0 saturated carbocycles. The van der Waals surface area contributed by atoms with Gasteiger partial charge in [-0.05, 0) is 34.4 Å². The lowest BCUT2D eigenvalue weighted by atomic mass is 9.74. The van der Waals surface area contributed by atoms with Crippen molar-refractivity contribution >= 4 is 10.8 Å². The molecule has 0 amide bonds. The van der Waals surface area contributed by atoms with E-state index in [4.69, 9.17) is 0 Å². The number of fused-ring (bicyclic) bond motifs is 1. The predicted molar refractivity (Wildman–Crippen MR) is 125 cm³/mol. The summed E-state index contributed by atoms with van der Waals surface area (Å²) in [5, 5.41) is 14.8. The Balaban J connectivity index is 1.90. The van der Waals surface area contributed by atoms with Crippen molar-refractivity contribution in [3.8, 4) is 0 Å². The SMILES string of the molecule is CC1=CC(c2ccc3ccccc3c2C(O)(c2ccccc2)c2ccccc2)C=C1. The highest BCUT2D eigenvalue weighted by molar-refractivity contribution is 5.89. The standard InChI is InChI=1S/C29H24O/c1-21-16-17-23(20-21)27-19-18-22-10-8-9-15-26(22)28(27)29(30,24-11-4-2-5-12-24)25-13-6-3-7-14-25/h2-20,23,30H,1H3.